The van der Waals surface area contributed by atoms with Crippen molar-refractivity contribution in [2.45, 2.75) is 81.9 Å². The molecule has 4 aliphatic rings. The maximum atomic E-state index is 11.8. The van der Waals surface area contributed by atoms with Gasteiger partial charge in [-0.3, -0.25) is 4.79 Å². The number of nitrogens with zero attached hydrogens (tertiary/aromatic N) is 2. The van der Waals surface area contributed by atoms with E-state index >= 15 is 0 Å². The quantitative estimate of drug-likeness (QED) is 0.642. The molecular formula is C19H29N5O2. The molecule has 0 radical (unpaired) electrons. The minimum absolute atomic E-state index is 0.0985. The normalized spacial score (nSPS) is 33.7. The Morgan fingerprint density at radius 1 is 1.19 bits per heavy atom. The molecule has 2 atom stereocenters. The van der Waals surface area contributed by atoms with Crippen LogP contribution in [0.3, 0.4) is 0 Å². The lowest BCUT2D eigenvalue weighted by atomic mass is 9.66. The molecule has 1 amide bonds. The summed E-state index contributed by atoms with van der Waals surface area (Å²) < 4.78 is 0. The molecule has 4 saturated carbocycles. The Morgan fingerprint density at radius 3 is 2.58 bits per heavy atom. The Bertz CT molecular complexity index is 658. The lowest BCUT2D eigenvalue weighted by Crippen LogP contribution is -2.46. The summed E-state index contributed by atoms with van der Waals surface area (Å²) in [7, 11) is 0. The highest BCUT2D eigenvalue weighted by molar-refractivity contribution is 5.97. The number of anilines is 2. The second kappa shape index (κ2) is 7.02. The number of nitrogens with one attached hydrogen (secondary N) is 2. The van der Waals surface area contributed by atoms with E-state index in [1.807, 2.05) is 0 Å². The zero-order valence-electron chi connectivity index (χ0n) is 15.2. The molecule has 4 aliphatic carbocycles. The van der Waals surface area contributed by atoms with Crippen LogP contribution in [0.1, 0.15) is 74.6 Å². The van der Waals surface area contributed by atoms with Gasteiger partial charge in [0.2, 0.25) is 5.95 Å². The first-order chi connectivity index (χ1) is 12.5. The van der Waals surface area contributed by atoms with E-state index in [4.69, 9.17) is 5.73 Å². The predicted octanol–water partition coefficient (Wildman–Crippen LogP) is 2.43. The summed E-state index contributed by atoms with van der Waals surface area (Å²) in [6.07, 6.45) is 11.9. The van der Waals surface area contributed by atoms with Gasteiger partial charge < -0.3 is 21.5 Å². The van der Waals surface area contributed by atoms with Crippen LogP contribution >= 0.6 is 0 Å². The molecule has 4 fully saturated rings. The maximum Gasteiger partial charge on any atom is 0.254 e. The third-order valence-electron chi connectivity index (χ3n) is 6.51. The standard InChI is InChI=1S/C19H29N5O2/c20-16(26)15-11-21-18(24-19-7-4-12(5-8-19)6-9-19)23-17(15)22-13-2-1-3-14(25)10-13/h11-14,25H,1-10H2,(H2,20,26)(H2,21,22,23,24)/t12?,13-,14+,19?/m1/s1. The van der Waals surface area contributed by atoms with Gasteiger partial charge in [0, 0.05) is 17.8 Å². The van der Waals surface area contributed by atoms with Gasteiger partial charge in [0.25, 0.3) is 5.91 Å². The molecular weight excluding hydrogens is 330 g/mol. The van der Waals surface area contributed by atoms with Crippen LogP contribution in [0.5, 0.6) is 0 Å². The van der Waals surface area contributed by atoms with Crippen LogP contribution in [0.4, 0.5) is 11.8 Å². The Balaban J connectivity index is 1.53. The SMILES string of the molecule is NC(=O)c1cnc(NC23CCC(CC2)CC3)nc1N[C@@H]1CCC[C@H](O)C1. The Morgan fingerprint density at radius 2 is 1.92 bits per heavy atom. The highest BCUT2D eigenvalue weighted by atomic mass is 16.3. The molecule has 142 valence electrons. The highest BCUT2D eigenvalue weighted by Crippen LogP contribution is 2.45. The number of carbonyl (C=O) groups is 1. The van der Waals surface area contributed by atoms with Gasteiger partial charge in [-0.1, -0.05) is 0 Å². The summed E-state index contributed by atoms with van der Waals surface area (Å²) in [5, 5.41) is 16.8. The maximum absolute atomic E-state index is 11.8. The number of nitrogens with two attached hydrogens (primary N) is 1. The summed E-state index contributed by atoms with van der Waals surface area (Å²) in [4.78, 5) is 20.7. The van der Waals surface area contributed by atoms with Gasteiger partial charge in [-0.15, -0.1) is 0 Å². The fraction of sp³-hybridized carbons (Fsp3) is 0.737. The molecule has 7 heteroatoms. The fourth-order valence-electron chi connectivity index (χ4n) is 4.89. The van der Waals surface area contributed by atoms with Crippen molar-refractivity contribution >= 4 is 17.7 Å². The summed E-state index contributed by atoms with van der Waals surface area (Å²) in [6.45, 7) is 0. The Hall–Kier alpha value is -1.89. The second-order valence-electron chi connectivity index (χ2n) is 8.37. The van der Waals surface area contributed by atoms with Crippen LogP contribution in [-0.2, 0) is 0 Å². The van der Waals surface area contributed by atoms with Crippen LogP contribution < -0.4 is 16.4 Å². The lowest BCUT2D eigenvalue weighted by molar-refractivity contribution is 0.100. The average molecular weight is 359 g/mol. The van der Waals surface area contributed by atoms with Gasteiger partial charge in [-0.05, 0) is 70.1 Å². The molecule has 1 aromatic rings. The molecule has 7 nitrogen and oxygen atoms in total. The van der Waals surface area contributed by atoms with Crippen molar-refractivity contribution in [2.24, 2.45) is 11.7 Å². The van der Waals surface area contributed by atoms with E-state index in [0.717, 1.165) is 44.4 Å². The van der Waals surface area contributed by atoms with Crippen molar-refractivity contribution in [3.63, 3.8) is 0 Å². The van der Waals surface area contributed by atoms with Crippen LogP contribution in [0.2, 0.25) is 0 Å². The molecule has 0 aromatic carbocycles. The predicted molar refractivity (Wildman–Crippen MR) is 100.0 cm³/mol. The van der Waals surface area contributed by atoms with Gasteiger partial charge >= 0.3 is 0 Å². The first kappa shape index (κ1) is 17.5. The van der Waals surface area contributed by atoms with E-state index < -0.39 is 5.91 Å². The largest absolute Gasteiger partial charge is 0.393 e. The molecule has 0 aliphatic heterocycles. The number of aromatic nitrogens is 2. The number of fused-ring (bicyclic) bond motifs is 3. The molecule has 0 unspecified atom stereocenters. The van der Waals surface area contributed by atoms with Gasteiger partial charge in [0.15, 0.2) is 0 Å². The topological polar surface area (TPSA) is 113 Å². The minimum atomic E-state index is -0.535. The lowest BCUT2D eigenvalue weighted by Gasteiger charge is -2.47. The zero-order valence-corrected chi connectivity index (χ0v) is 15.2. The van der Waals surface area contributed by atoms with Crippen molar-refractivity contribution in [3.8, 4) is 0 Å². The van der Waals surface area contributed by atoms with Crippen molar-refractivity contribution in [1.29, 1.82) is 0 Å². The molecule has 1 aromatic heterocycles. The van der Waals surface area contributed by atoms with Crippen LogP contribution in [0, 0.1) is 5.92 Å². The van der Waals surface area contributed by atoms with Crippen molar-refractivity contribution in [1.82, 2.24) is 9.97 Å². The number of primary amides is 1. The fourth-order valence-corrected chi connectivity index (χ4v) is 4.89. The molecule has 26 heavy (non-hydrogen) atoms. The number of rotatable bonds is 5. The van der Waals surface area contributed by atoms with E-state index in [-0.39, 0.29) is 17.7 Å². The summed E-state index contributed by atoms with van der Waals surface area (Å²) in [6, 6.07) is 0.0999. The van der Waals surface area contributed by atoms with E-state index in [2.05, 4.69) is 20.6 Å². The summed E-state index contributed by atoms with van der Waals surface area (Å²) >= 11 is 0. The average Bonchev–Trinajstić information content (AvgIpc) is 2.63. The molecule has 5 N–H and O–H groups in total. The van der Waals surface area contributed by atoms with Crippen molar-refractivity contribution in [3.05, 3.63) is 11.8 Å². The van der Waals surface area contributed by atoms with Crippen molar-refractivity contribution < 1.29 is 9.90 Å². The van der Waals surface area contributed by atoms with E-state index in [0.29, 0.717) is 23.8 Å². The third-order valence-corrected chi connectivity index (χ3v) is 6.51. The van der Waals surface area contributed by atoms with E-state index in [1.165, 1.54) is 25.5 Å². The summed E-state index contributed by atoms with van der Waals surface area (Å²) in [5.41, 5.74) is 5.92. The smallest absolute Gasteiger partial charge is 0.254 e. The number of hydrogen-bond acceptors (Lipinski definition) is 6. The number of amides is 1. The number of carbonyl (C=O) groups excluding carboxylic acids is 1. The van der Waals surface area contributed by atoms with Crippen LogP contribution in [-0.4, -0.2) is 38.7 Å². The van der Waals surface area contributed by atoms with Crippen molar-refractivity contribution in [2.75, 3.05) is 10.6 Å². The first-order valence-electron chi connectivity index (χ1n) is 9.93. The molecule has 0 spiro atoms. The number of hydrogen-bond donors (Lipinski definition) is 4. The van der Waals surface area contributed by atoms with Crippen LogP contribution in [0.25, 0.3) is 0 Å². The third kappa shape index (κ3) is 3.63. The second-order valence-corrected chi connectivity index (χ2v) is 8.37. The molecule has 2 bridgehead atoms. The molecule has 0 saturated heterocycles. The van der Waals surface area contributed by atoms with Gasteiger partial charge in [-0.25, -0.2) is 4.98 Å². The summed E-state index contributed by atoms with van der Waals surface area (Å²) in [5.74, 6) is 1.41. The van der Waals surface area contributed by atoms with E-state index in [1.54, 1.807) is 0 Å². The van der Waals surface area contributed by atoms with Gasteiger partial charge in [-0.2, -0.15) is 4.98 Å². The van der Waals surface area contributed by atoms with E-state index in [9.17, 15) is 9.90 Å². The number of aliphatic hydroxyl groups is 1. The Labute approximate surface area is 154 Å². The van der Waals surface area contributed by atoms with Crippen LogP contribution in [0.15, 0.2) is 6.20 Å². The van der Waals surface area contributed by atoms with Gasteiger partial charge in [0.1, 0.15) is 5.82 Å². The Kier molecular flexibility index (Phi) is 4.73. The molecule has 5 rings (SSSR count). The highest BCUT2D eigenvalue weighted by Gasteiger charge is 2.40. The van der Waals surface area contributed by atoms with Gasteiger partial charge in [0.05, 0.1) is 11.7 Å². The number of aliphatic hydroxyl groups excluding tert-OH is 1. The molecule has 1 heterocycles. The monoisotopic (exact) mass is 359 g/mol. The zero-order chi connectivity index (χ0) is 18.1. The minimum Gasteiger partial charge on any atom is -0.393 e. The first-order valence-corrected chi connectivity index (χ1v) is 9.93.